The zero-order valence-corrected chi connectivity index (χ0v) is 9.26. The molecule has 0 saturated heterocycles. The lowest BCUT2D eigenvalue weighted by Gasteiger charge is -1.99. The minimum absolute atomic E-state index is 0.274. The molecule has 0 amide bonds. The van der Waals surface area contributed by atoms with Gasteiger partial charge in [-0.2, -0.15) is 0 Å². The molecule has 84 valence electrons. The first-order valence-electron chi connectivity index (χ1n) is 5.29. The van der Waals surface area contributed by atoms with Gasteiger partial charge >= 0.3 is 0 Å². The summed E-state index contributed by atoms with van der Waals surface area (Å²) in [5.41, 5.74) is 3.60. The molecule has 0 bridgehead atoms. The van der Waals surface area contributed by atoms with E-state index < -0.39 is 0 Å². The van der Waals surface area contributed by atoms with Crippen LogP contribution >= 0.6 is 0 Å². The molecule has 0 radical (unpaired) electrons. The molecule has 0 aliphatic rings. The largest absolute Gasteiger partial charge is 0.304 e. The van der Waals surface area contributed by atoms with E-state index >= 15 is 0 Å². The monoisotopic (exact) mass is 227 g/mol. The molecular formula is C13H10FN3. The van der Waals surface area contributed by atoms with E-state index in [1.54, 1.807) is 22.9 Å². The van der Waals surface area contributed by atoms with Gasteiger partial charge in [0.2, 0.25) is 0 Å². The van der Waals surface area contributed by atoms with E-state index in [-0.39, 0.29) is 5.82 Å². The lowest BCUT2D eigenvalue weighted by atomic mass is 10.1. The van der Waals surface area contributed by atoms with Crippen molar-refractivity contribution >= 4 is 5.65 Å². The molecule has 0 N–H and O–H groups in total. The minimum Gasteiger partial charge on any atom is -0.304 e. The van der Waals surface area contributed by atoms with Crippen LogP contribution in [0.25, 0.3) is 16.9 Å². The van der Waals surface area contributed by atoms with Gasteiger partial charge in [0.05, 0.1) is 5.69 Å². The maximum atomic E-state index is 13.1. The Labute approximate surface area is 97.6 Å². The Morgan fingerprint density at radius 2 is 2.06 bits per heavy atom. The second-order valence-corrected chi connectivity index (χ2v) is 3.93. The number of aromatic nitrogens is 3. The first-order chi connectivity index (χ1) is 8.24. The summed E-state index contributed by atoms with van der Waals surface area (Å²) in [6.07, 6.45) is 6.74. The molecule has 3 nitrogen and oxygen atoms in total. The topological polar surface area (TPSA) is 30.2 Å². The van der Waals surface area contributed by atoms with Crippen LogP contribution in [0.2, 0.25) is 0 Å². The van der Waals surface area contributed by atoms with Gasteiger partial charge < -0.3 is 4.40 Å². The zero-order chi connectivity index (χ0) is 11.8. The van der Waals surface area contributed by atoms with Crippen LogP contribution in [0.5, 0.6) is 0 Å². The van der Waals surface area contributed by atoms with E-state index in [1.807, 2.05) is 19.2 Å². The van der Waals surface area contributed by atoms with Crippen molar-refractivity contribution < 1.29 is 4.39 Å². The Morgan fingerprint density at radius 3 is 2.88 bits per heavy atom. The van der Waals surface area contributed by atoms with Gasteiger partial charge in [-0.25, -0.2) is 9.37 Å². The van der Waals surface area contributed by atoms with Gasteiger partial charge in [0.15, 0.2) is 0 Å². The Balaban J connectivity index is 2.22. The molecule has 3 rings (SSSR count). The summed E-state index contributed by atoms with van der Waals surface area (Å²) in [5, 5.41) is 0. The summed E-state index contributed by atoms with van der Waals surface area (Å²) in [6, 6.07) is 4.99. The Hall–Kier alpha value is -2.23. The van der Waals surface area contributed by atoms with E-state index in [2.05, 4.69) is 9.97 Å². The van der Waals surface area contributed by atoms with Gasteiger partial charge in [0, 0.05) is 30.4 Å². The van der Waals surface area contributed by atoms with Crippen LogP contribution in [-0.2, 0) is 0 Å². The number of halogens is 1. The van der Waals surface area contributed by atoms with Crippen molar-refractivity contribution in [2.75, 3.05) is 0 Å². The average Bonchev–Trinajstić information content (AvgIpc) is 2.72. The molecule has 0 saturated carbocycles. The van der Waals surface area contributed by atoms with E-state index in [1.165, 1.54) is 12.3 Å². The fourth-order valence-corrected chi connectivity index (χ4v) is 1.83. The second kappa shape index (κ2) is 3.66. The number of imidazole rings is 1. The first kappa shape index (κ1) is 9.96. The highest BCUT2D eigenvalue weighted by molar-refractivity contribution is 5.64. The second-order valence-electron chi connectivity index (χ2n) is 3.93. The molecule has 0 atom stereocenters. The van der Waals surface area contributed by atoms with Crippen molar-refractivity contribution in [3.8, 4) is 11.3 Å². The standard InChI is InChI=1S/C13H10FN3/c1-9-4-5-15-6-11(9)12-8-17-7-10(14)2-3-13(17)16-12/h2-8H,1H3. The van der Waals surface area contributed by atoms with Gasteiger partial charge in [-0.3, -0.25) is 4.98 Å². The molecule has 0 aliphatic heterocycles. The van der Waals surface area contributed by atoms with Crippen molar-refractivity contribution in [3.05, 3.63) is 54.4 Å². The lowest BCUT2D eigenvalue weighted by molar-refractivity contribution is 0.619. The van der Waals surface area contributed by atoms with Gasteiger partial charge in [0.1, 0.15) is 11.5 Å². The van der Waals surface area contributed by atoms with Crippen molar-refractivity contribution in [3.63, 3.8) is 0 Å². The van der Waals surface area contributed by atoms with Crippen LogP contribution in [0.4, 0.5) is 4.39 Å². The summed E-state index contributed by atoms with van der Waals surface area (Å²) in [4.78, 5) is 8.53. The molecule has 3 heterocycles. The normalized spacial score (nSPS) is 10.9. The number of pyridine rings is 2. The van der Waals surface area contributed by atoms with Gasteiger partial charge in [-0.05, 0) is 30.7 Å². The number of hydrogen-bond donors (Lipinski definition) is 0. The van der Waals surface area contributed by atoms with Crippen molar-refractivity contribution in [1.29, 1.82) is 0 Å². The van der Waals surface area contributed by atoms with Crippen LogP contribution in [0.1, 0.15) is 5.56 Å². The summed E-state index contributed by atoms with van der Waals surface area (Å²) in [6.45, 7) is 2.00. The van der Waals surface area contributed by atoms with Crippen LogP contribution in [0.15, 0.2) is 43.0 Å². The minimum atomic E-state index is -0.274. The van der Waals surface area contributed by atoms with Crippen molar-refractivity contribution in [2.24, 2.45) is 0 Å². The van der Waals surface area contributed by atoms with Gasteiger partial charge in [-0.15, -0.1) is 0 Å². The number of fused-ring (bicyclic) bond motifs is 1. The molecule has 0 aliphatic carbocycles. The highest BCUT2D eigenvalue weighted by Crippen LogP contribution is 2.21. The first-order valence-corrected chi connectivity index (χ1v) is 5.29. The maximum absolute atomic E-state index is 13.1. The summed E-state index contributed by atoms with van der Waals surface area (Å²) in [7, 11) is 0. The Morgan fingerprint density at radius 1 is 1.18 bits per heavy atom. The molecule has 0 aromatic carbocycles. The smallest absolute Gasteiger partial charge is 0.139 e. The molecule has 3 aromatic heterocycles. The Bertz CT molecular complexity index is 688. The predicted octanol–water partition coefficient (Wildman–Crippen LogP) is 2.84. The van der Waals surface area contributed by atoms with Crippen LogP contribution in [-0.4, -0.2) is 14.4 Å². The number of hydrogen-bond acceptors (Lipinski definition) is 2. The van der Waals surface area contributed by atoms with E-state index in [0.29, 0.717) is 0 Å². The number of rotatable bonds is 1. The highest BCUT2D eigenvalue weighted by atomic mass is 19.1. The van der Waals surface area contributed by atoms with Gasteiger partial charge in [-0.1, -0.05) is 0 Å². The molecule has 4 heteroatoms. The maximum Gasteiger partial charge on any atom is 0.139 e. The average molecular weight is 227 g/mol. The Kier molecular flexibility index (Phi) is 2.14. The summed E-state index contributed by atoms with van der Waals surface area (Å²) < 4.78 is 14.7. The van der Waals surface area contributed by atoms with E-state index in [4.69, 9.17) is 0 Å². The summed E-state index contributed by atoms with van der Waals surface area (Å²) in [5.74, 6) is -0.274. The van der Waals surface area contributed by atoms with Gasteiger partial charge in [0.25, 0.3) is 0 Å². The lowest BCUT2D eigenvalue weighted by Crippen LogP contribution is -1.84. The summed E-state index contributed by atoms with van der Waals surface area (Å²) >= 11 is 0. The number of nitrogens with zero attached hydrogens (tertiary/aromatic N) is 3. The predicted molar refractivity (Wildman–Crippen MR) is 63.1 cm³/mol. The fourth-order valence-electron chi connectivity index (χ4n) is 1.83. The third kappa shape index (κ3) is 1.67. The van der Waals surface area contributed by atoms with Crippen molar-refractivity contribution in [1.82, 2.24) is 14.4 Å². The molecule has 17 heavy (non-hydrogen) atoms. The molecule has 0 fully saturated rings. The fraction of sp³-hybridized carbons (Fsp3) is 0.0769. The molecular weight excluding hydrogens is 217 g/mol. The van der Waals surface area contributed by atoms with E-state index in [9.17, 15) is 4.39 Å². The number of aryl methyl sites for hydroxylation is 1. The van der Waals surface area contributed by atoms with Crippen LogP contribution in [0.3, 0.4) is 0 Å². The SMILES string of the molecule is Cc1ccncc1-c1cn2cc(F)ccc2n1. The molecule has 0 unspecified atom stereocenters. The molecule has 0 spiro atoms. The van der Waals surface area contributed by atoms with Crippen LogP contribution < -0.4 is 0 Å². The third-order valence-corrected chi connectivity index (χ3v) is 2.73. The third-order valence-electron chi connectivity index (χ3n) is 2.73. The quantitative estimate of drug-likeness (QED) is 0.640. The highest BCUT2D eigenvalue weighted by Gasteiger charge is 2.07. The molecule has 3 aromatic rings. The zero-order valence-electron chi connectivity index (χ0n) is 9.26. The van der Waals surface area contributed by atoms with Crippen LogP contribution in [0, 0.1) is 12.7 Å². The van der Waals surface area contributed by atoms with Crippen molar-refractivity contribution in [2.45, 2.75) is 6.92 Å². The van der Waals surface area contributed by atoms with E-state index in [0.717, 1.165) is 22.5 Å².